The van der Waals surface area contributed by atoms with Crippen LogP contribution in [0, 0.1) is 5.41 Å². The molecule has 2 rings (SSSR count). The molecule has 0 aromatic heterocycles. The summed E-state index contributed by atoms with van der Waals surface area (Å²) >= 11 is 0. The van der Waals surface area contributed by atoms with Gasteiger partial charge in [0.05, 0.1) is 0 Å². The molecule has 0 fully saturated rings. The summed E-state index contributed by atoms with van der Waals surface area (Å²) in [6.45, 7) is 5.95. The molecule has 4 heteroatoms. The van der Waals surface area contributed by atoms with Crippen LogP contribution in [0.25, 0.3) is 0 Å². The Bertz CT molecular complexity index is 559. The summed E-state index contributed by atoms with van der Waals surface area (Å²) in [5, 5.41) is 5.79. The van der Waals surface area contributed by atoms with Crippen molar-refractivity contribution >= 4 is 17.5 Å². The fourth-order valence-electron chi connectivity index (χ4n) is 2.67. The number of fused-ring (bicyclic) bond motifs is 1. The van der Waals surface area contributed by atoms with E-state index < -0.39 is 5.41 Å². The summed E-state index contributed by atoms with van der Waals surface area (Å²) in [5.74, 6) is -0.0782. The van der Waals surface area contributed by atoms with Crippen LogP contribution in [0.15, 0.2) is 18.2 Å². The molecular weight excluding hydrogens is 276 g/mol. The van der Waals surface area contributed by atoms with Crippen molar-refractivity contribution in [3.8, 4) is 0 Å². The summed E-state index contributed by atoms with van der Waals surface area (Å²) in [7, 11) is 0. The Kier molecular flexibility index (Phi) is 5.22. The zero-order chi connectivity index (χ0) is 16.2. The molecule has 1 aromatic carbocycles. The number of hydrogen-bond donors (Lipinski definition) is 2. The molecule has 2 amide bonds. The Morgan fingerprint density at radius 3 is 2.59 bits per heavy atom. The van der Waals surface area contributed by atoms with Crippen LogP contribution in [0.1, 0.15) is 51.2 Å². The molecule has 0 atom stereocenters. The van der Waals surface area contributed by atoms with E-state index in [9.17, 15) is 9.59 Å². The highest BCUT2D eigenvalue weighted by Gasteiger charge is 2.20. The van der Waals surface area contributed by atoms with Gasteiger partial charge in [0.25, 0.3) is 0 Å². The van der Waals surface area contributed by atoms with Crippen molar-refractivity contribution in [2.24, 2.45) is 5.41 Å². The van der Waals surface area contributed by atoms with Crippen molar-refractivity contribution < 1.29 is 9.59 Å². The van der Waals surface area contributed by atoms with Gasteiger partial charge in [0.2, 0.25) is 11.8 Å². The van der Waals surface area contributed by atoms with E-state index in [0.29, 0.717) is 13.0 Å². The van der Waals surface area contributed by atoms with Crippen LogP contribution in [-0.2, 0) is 22.4 Å². The lowest BCUT2D eigenvalue weighted by Crippen LogP contribution is -2.36. The predicted molar refractivity (Wildman–Crippen MR) is 88.8 cm³/mol. The van der Waals surface area contributed by atoms with E-state index >= 15 is 0 Å². The third kappa shape index (κ3) is 4.33. The van der Waals surface area contributed by atoms with Crippen molar-refractivity contribution in [2.75, 3.05) is 11.9 Å². The second kappa shape index (κ2) is 6.95. The monoisotopic (exact) mass is 302 g/mol. The van der Waals surface area contributed by atoms with Gasteiger partial charge >= 0.3 is 0 Å². The number of nitrogens with one attached hydrogen (secondary N) is 2. The Balaban J connectivity index is 1.87. The lowest BCUT2D eigenvalue weighted by atomic mass is 9.90. The molecule has 1 aliphatic rings. The highest BCUT2D eigenvalue weighted by Crippen LogP contribution is 2.27. The van der Waals surface area contributed by atoms with Crippen LogP contribution in [0.4, 0.5) is 5.69 Å². The van der Waals surface area contributed by atoms with Crippen molar-refractivity contribution in [1.29, 1.82) is 0 Å². The average molecular weight is 302 g/mol. The highest BCUT2D eigenvalue weighted by atomic mass is 16.2. The third-order valence-electron chi connectivity index (χ3n) is 3.99. The molecular formula is C18H26N2O2. The fourth-order valence-corrected chi connectivity index (χ4v) is 2.67. The summed E-state index contributed by atoms with van der Waals surface area (Å²) in [6.07, 6.45) is 4.84. The molecule has 1 aliphatic carbocycles. The first-order valence-electron chi connectivity index (χ1n) is 8.07. The van der Waals surface area contributed by atoms with Crippen LogP contribution >= 0.6 is 0 Å². The standard InChI is InChI=1S/C18H26N2O2/c1-18(2,3)17(22)19-12-11-16(21)20-15-10-6-8-13-7-4-5-9-14(13)15/h6,8,10H,4-5,7,9,11-12H2,1-3H3,(H,19,22)(H,20,21). The second-order valence-corrected chi connectivity index (χ2v) is 6.95. The van der Waals surface area contributed by atoms with Crippen LogP contribution in [0.2, 0.25) is 0 Å². The highest BCUT2D eigenvalue weighted by molar-refractivity contribution is 5.92. The van der Waals surface area contributed by atoms with Crippen LogP contribution < -0.4 is 10.6 Å². The zero-order valence-corrected chi connectivity index (χ0v) is 13.8. The number of carbonyl (C=O) groups is 2. The number of amides is 2. The van der Waals surface area contributed by atoms with Gasteiger partial charge in [-0.3, -0.25) is 9.59 Å². The quantitative estimate of drug-likeness (QED) is 0.898. The molecule has 1 aromatic rings. The van der Waals surface area contributed by atoms with E-state index in [-0.39, 0.29) is 11.8 Å². The smallest absolute Gasteiger partial charge is 0.226 e. The summed E-state index contributed by atoms with van der Waals surface area (Å²) in [5.41, 5.74) is 3.14. The molecule has 0 saturated carbocycles. The first-order chi connectivity index (χ1) is 10.4. The third-order valence-corrected chi connectivity index (χ3v) is 3.99. The number of hydrogen-bond acceptors (Lipinski definition) is 2. The maximum Gasteiger partial charge on any atom is 0.226 e. The molecule has 0 heterocycles. The number of anilines is 1. The molecule has 22 heavy (non-hydrogen) atoms. The fraction of sp³-hybridized carbons (Fsp3) is 0.556. The number of carbonyl (C=O) groups excluding carboxylic acids is 2. The van der Waals surface area contributed by atoms with Crippen LogP contribution in [-0.4, -0.2) is 18.4 Å². The van der Waals surface area contributed by atoms with E-state index in [1.54, 1.807) is 0 Å². The second-order valence-electron chi connectivity index (χ2n) is 6.95. The minimum absolute atomic E-state index is 0.0302. The Hall–Kier alpha value is -1.84. The topological polar surface area (TPSA) is 58.2 Å². The normalized spacial score (nSPS) is 14.1. The summed E-state index contributed by atoms with van der Waals surface area (Å²) < 4.78 is 0. The first kappa shape index (κ1) is 16.5. The van der Waals surface area contributed by atoms with Gasteiger partial charge in [0.1, 0.15) is 0 Å². The molecule has 0 unspecified atom stereocenters. The Morgan fingerprint density at radius 1 is 1.14 bits per heavy atom. The van der Waals surface area contributed by atoms with Gasteiger partial charge in [-0.05, 0) is 42.9 Å². The minimum atomic E-state index is -0.422. The van der Waals surface area contributed by atoms with Crippen molar-refractivity contribution in [3.05, 3.63) is 29.3 Å². The molecule has 0 bridgehead atoms. The number of benzene rings is 1. The van der Waals surface area contributed by atoms with Gasteiger partial charge in [-0.1, -0.05) is 32.9 Å². The van der Waals surface area contributed by atoms with E-state index in [0.717, 1.165) is 18.5 Å². The zero-order valence-electron chi connectivity index (χ0n) is 13.8. The van der Waals surface area contributed by atoms with E-state index in [4.69, 9.17) is 0 Å². The van der Waals surface area contributed by atoms with Gasteiger partial charge in [0, 0.05) is 24.1 Å². The van der Waals surface area contributed by atoms with E-state index in [1.807, 2.05) is 32.9 Å². The van der Waals surface area contributed by atoms with E-state index in [1.165, 1.54) is 24.0 Å². The van der Waals surface area contributed by atoms with Crippen LogP contribution in [0.5, 0.6) is 0 Å². The van der Waals surface area contributed by atoms with Gasteiger partial charge in [-0.15, -0.1) is 0 Å². The minimum Gasteiger partial charge on any atom is -0.355 e. The van der Waals surface area contributed by atoms with Crippen molar-refractivity contribution in [2.45, 2.75) is 52.9 Å². The average Bonchev–Trinajstić information content (AvgIpc) is 2.46. The Labute approximate surface area is 132 Å². The van der Waals surface area contributed by atoms with Gasteiger partial charge in [-0.25, -0.2) is 0 Å². The molecule has 0 radical (unpaired) electrons. The van der Waals surface area contributed by atoms with Gasteiger partial charge in [-0.2, -0.15) is 0 Å². The van der Waals surface area contributed by atoms with Gasteiger partial charge in [0.15, 0.2) is 0 Å². The molecule has 0 spiro atoms. The summed E-state index contributed by atoms with van der Waals surface area (Å²) in [4.78, 5) is 23.8. The van der Waals surface area contributed by atoms with Gasteiger partial charge < -0.3 is 10.6 Å². The summed E-state index contributed by atoms with van der Waals surface area (Å²) in [6, 6.07) is 6.12. The lowest BCUT2D eigenvalue weighted by molar-refractivity contribution is -0.128. The molecule has 0 saturated heterocycles. The molecule has 2 N–H and O–H groups in total. The SMILES string of the molecule is CC(C)(C)C(=O)NCCC(=O)Nc1cccc2c1CCCC2. The first-order valence-corrected chi connectivity index (χ1v) is 8.07. The largest absolute Gasteiger partial charge is 0.355 e. The number of rotatable bonds is 4. The van der Waals surface area contributed by atoms with Crippen LogP contribution in [0.3, 0.4) is 0 Å². The molecule has 4 nitrogen and oxygen atoms in total. The predicted octanol–water partition coefficient (Wildman–Crippen LogP) is 3.06. The maximum atomic E-state index is 12.1. The Morgan fingerprint density at radius 2 is 1.86 bits per heavy atom. The van der Waals surface area contributed by atoms with Crippen molar-refractivity contribution in [1.82, 2.24) is 5.32 Å². The van der Waals surface area contributed by atoms with E-state index in [2.05, 4.69) is 16.7 Å². The lowest BCUT2D eigenvalue weighted by Gasteiger charge is -2.20. The van der Waals surface area contributed by atoms with Crippen molar-refractivity contribution in [3.63, 3.8) is 0 Å². The number of aryl methyl sites for hydroxylation is 1. The molecule has 0 aliphatic heterocycles. The molecule has 120 valence electrons. The maximum absolute atomic E-state index is 12.1.